The van der Waals surface area contributed by atoms with E-state index in [0.717, 1.165) is 36.1 Å². The fourth-order valence-corrected chi connectivity index (χ4v) is 3.14. The molecule has 4 aromatic rings. The number of aromatic nitrogens is 5. The zero-order chi connectivity index (χ0) is 17.4. The van der Waals surface area contributed by atoms with Crippen molar-refractivity contribution in [3.63, 3.8) is 0 Å². The predicted molar refractivity (Wildman–Crippen MR) is 99.7 cm³/mol. The van der Waals surface area contributed by atoms with Crippen molar-refractivity contribution in [2.75, 3.05) is 0 Å². The van der Waals surface area contributed by atoms with Crippen molar-refractivity contribution in [2.24, 2.45) is 0 Å². The number of fused-ring (bicyclic) bond motifs is 4. The van der Waals surface area contributed by atoms with E-state index >= 15 is 0 Å². The van der Waals surface area contributed by atoms with Crippen LogP contribution < -0.4 is 5.56 Å². The van der Waals surface area contributed by atoms with E-state index in [0.29, 0.717) is 23.1 Å². The van der Waals surface area contributed by atoms with E-state index in [4.69, 9.17) is 9.97 Å². The van der Waals surface area contributed by atoms with E-state index in [1.165, 1.54) is 0 Å². The Bertz CT molecular complexity index is 1160. The Hall–Kier alpha value is -3.02. The molecular formula is C19H19N5O. The Morgan fingerprint density at radius 2 is 1.92 bits per heavy atom. The van der Waals surface area contributed by atoms with Crippen LogP contribution >= 0.6 is 0 Å². The van der Waals surface area contributed by atoms with Gasteiger partial charge in [-0.25, -0.2) is 15.0 Å². The molecule has 6 heteroatoms. The molecule has 0 aliphatic heterocycles. The van der Waals surface area contributed by atoms with Gasteiger partial charge < -0.3 is 4.57 Å². The largest absolute Gasteiger partial charge is 0.308 e. The highest BCUT2D eigenvalue weighted by Gasteiger charge is 2.19. The highest BCUT2D eigenvalue weighted by molar-refractivity contribution is 6.04. The van der Waals surface area contributed by atoms with Crippen LogP contribution in [-0.2, 0) is 13.1 Å². The molecule has 0 saturated carbocycles. The summed E-state index contributed by atoms with van der Waals surface area (Å²) in [7, 11) is 0. The summed E-state index contributed by atoms with van der Waals surface area (Å²) in [6.07, 6.45) is 5.31. The van der Waals surface area contributed by atoms with Gasteiger partial charge in [-0.05, 0) is 18.6 Å². The second kappa shape index (κ2) is 6.12. The first-order valence-electron chi connectivity index (χ1n) is 8.49. The number of nitrogens with zero attached hydrogens (tertiary/aromatic N) is 5. The average molecular weight is 333 g/mol. The van der Waals surface area contributed by atoms with E-state index in [9.17, 15) is 4.79 Å². The van der Waals surface area contributed by atoms with Crippen LogP contribution in [0.2, 0.25) is 0 Å². The van der Waals surface area contributed by atoms with Gasteiger partial charge in [0.25, 0.3) is 5.56 Å². The van der Waals surface area contributed by atoms with Crippen molar-refractivity contribution in [1.82, 2.24) is 24.1 Å². The van der Waals surface area contributed by atoms with Gasteiger partial charge in [-0.1, -0.05) is 31.6 Å². The number of rotatable bonds is 5. The minimum atomic E-state index is -0.102. The number of benzene rings is 1. The minimum Gasteiger partial charge on any atom is -0.308 e. The summed E-state index contributed by atoms with van der Waals surface area (Å²) in [5.74, 6) is 0. The summed E-state index contributed by atoms with van der Waals surface area (Å²) in [5, 5.41) is 0.536. The van der Waals surface area contributed by atoms with Gasteiger partial charge in [0.15, 0.2) is 11.3 Å². The van der Waals surface area contributed by atoms with Gasteiger partial charge >= 0.3 is 0 Å². The Morgan fingerprint density at radius 3 is 2.64 bits per heavy atom. The molecule has 0 spiro atoms. The molecule has 0 atom stereocenters. The van der Waals surface area contributed by atoms with Crippen LogP contribution in [0.1, 0.15) is 19.8 Å². The van der Waals surface area contributed by atoms with E-state index in [2.05, 4.69) is 18.5 Å². The number of aryl methyl sites for hydroxylation is 1. The SMILES string of the molecule is C=CCn1cnc2c(c1=O)c1nc3ccccc3nc1n2CCCC. The van der Waals surface area contributed by atoms with E-state index in [1.54, 1.807) is 17.0 Å². The quantitative estimate of drug-likeness (QED) is 0.526. The van der Waals surface area contributed by atoms with Crippen LogP contribution in [0.25, 0.3) is 33.2 Å². The van der Waals surface area contributed by atoms with Crippen LogP contribution in [0.15, 0.2) is 48.0 Å². The number of para-hydroxylation sites is 2. The maximum atomic E-state index is 12.9. The van der Waals surface area contributed by atoms with Gasteiger partial charge in [0.05, 0.1) is 11.0 Å². The van der Waals surface area contributed by atoms with Gasteiger partial charge in [0.1, 0.15) is 17.2 Å². The summed E-state index contributed by atoms with van der Waals surface area (Å²) in [4.78, 5) is 27.0. The molecule has 0 saturated heterocycles. The molecular weight excluding hydrogens is 314 g/mol. The Morgan fingerprint density at radius 1 is 1.16 bits per heavy atom. The van der Waals surface area contributed by atoms with Crippen LogP contribution in [0.3, 0.4) is 0 Å². The lowest BCUT2D eigenvalue weighted by Gasteiger charge is -2.05. The number of allylic oxidation sites excluding steroid dienone is 1. The standard InChI is InChI=1S/C19H19N5O/c1-3-5-11-24-17-15(19(25)23(10-4-2)12-20-17)16-18(24)22-14-9-7-6-8-13(14)21-16/h4,6-9,12H,2-3,5,10-11H2,1H3. The average Bonchev–Trinajstić information content (AvgIpc) is 2.94. The molecule has 0 N–H and O–H groups in total. The molecule has 1 aromatic carbocycles. The monoisotopic (exact) mass is 333 g/mol. The molecule has 0 aliphatic rings. The zero-order valence-corrected chi connectivity index (χ0v) is 14.1. The molecule has 0 fully saturated rings. The normalized spacial score (nSPS) is 11.6. The van der Waals surface area contributed by atoms with Gasteiger partial charge in [0, 0.05) is 13.1 Å². The summed E-state index contributed by atoms with van der Waals surface area (Å²) < 4.78 is 3.57. The summed E-state index contributed by atoms with van der Waals surface area (Å²) in [6.45, 7) is 7.03. The number of hydrogen-bond donors (Lipinski definition) is 0. The maximum absolute atomic E-state index is 12.9. The second-order valence-corrected chi connectivity index (χ2v) is 6.08. The molecule has 0 unspecified atom stereocenters. The highest BCUT2D eigenvalue weighted by Crippen LogP contribution is 2.25. The number of unbranched alkanes of at least 4 members (excludes halogenated alkanes) is 1. The van der Waals surface area contributed by atoms with Crippen molar-refractivity contribution >= 4 is 33.2 Å². The van der Waals surface area contributed by atoms with Crippen LogP contribution in [0, 0.1) is 0 Å². The lowest BCUT2D eigenvalue weighted by Crippen LogP contribution is -2.20. The molecule has 3 heterocycles. The Balaban J connectivity index is 2.15. The third-order valence-corrected chi connectivity index (χ3v) is 4.38. The smallest absolute Gasteiger partial charge is 0.265 e. The molecule has 0 bridgehead atoms. The first-order chi connectivity index (χ1) is 12.2. The van der Waals surface area contributed by atoms with Crippen molar-refractivity contribution in [3.8, 4) is 0 Å². The van der Waals surface area contributed by atoms with E-state index in [1.807, 2.05) is 28.8 Å². The van der Waals surface area contributed by atoms with Crippen LogP contribution in [0.5, 0.6) is 0 Å². The van der Waals surface area contributed by atoms with Gasteiger partial charge in [-0.3, -0.25) is 9.36 Å². The second-order valence-electron chi connectivity index (χ2n) is 6.08. The van der Waals surface area contributed by atoms with Gasteiger partial charge in [-0.15, -0.1) is 6.58 Å². The van der Waals surface area contributed by atoms with Gasteiger partial charge in [-0.2, -0.15) is 0 Å². The first kappa shape index (κ1) is 15.5. The molecule has 3 aromatic heterocycles. The Labute approximate surface area is 144 Å². The summed E-state index contributed by atoms with van der Waals surface area (Å²) in [6, 6.07) is 7.72. The van der Waals surface area contributed by atoms with Crippen LogP contribution in [0.4, 0.5) is 0 Å². The third kappa shape index (κ3) is 2.41. The summed E-state index contributed by atoms with van der Waals surface area (Å²) in [5.41, 5.74) is 3.51. The number of hydrogen-bond acceptors (Lipinski definition) is 4. The Kier molecular flexibility index (Phi) is 3.80. The van der Waals surface area contributed by atoms with Crippen molar-refractivity contribution in [2.45, 2.75) is 32.9 Å². The molecule has 0 amide bonds. The molecule has 4 rings (SSSR count). The topological polar surface area (TPSA) is 65.6 Å². The maximum Gasteiger partial charge on any atom is 0.265 e. The van der Waals surface area contributed by atoms with E-state index < -0.39 is 0 Å². The fraction of sp³-hybridized carbons (Fsp3) is 0.263. The van der Waals surface area contributed by atoms with Crippen molar-refractivity contribution in [1.29, 1.82) is 0 Å². The van der Waals surface area contributed by atoms with E-state index in [-0.39, 0.29) is 5.56 Å². The van der Waals surface area contributed by atoms with Gasteiger partial charge in [0.2, 0.25) is 0 Å². The minimum absolute atomic E-state index is 0.102. The van der Waals surface area contributed by atoms with Crippen LogP contribution in [-0.4, -0.2) is 24.1 Å². The highest BCUT2D eigenvalue weighted by atomic mass is 16.1. The summed E-state index contributed by atoms with van der Waals surface area (Å²) >= 11 is 0. The third-order valence-electron chi connectivity index (χ3n) is 4.38. The molecule has 0 aliphatic carbocycles. The lowest BCUT2D eigenvalue weighted by molar-refractivity contribution is 0.654. The molecule has 126 valence electrons. The van der Waals surface area contributed by atoms with Crippen molar-refractivity contribution < 1.29 is 0 Å². The zero-order valence-electron chi connectivity index (χ0n) is 14.1. The fourth-order valence-electron chi connectivity index (χ4n) is 3.14. The molecule has 25 heavy (non-hydrogen) atoms. The van der Waals surface area contributed by atoms with Crippen molar-refractivity contribution in [3.05, 3.63) is 53.6 Å². The lowest BCUT2D eigenvalue weighted by atomic mass is 10.3. The predicted octanol–water partition coefficient (Wildman–Crippen LogP) is 3.28. The molecule has 6 nitrogen and oxygen atoms in total. The molecule has 0 radical (unpaired) electrons. The first-order valence-corrected chi connectivity index (χ1v) is 8.49.